The zero-order chi connectivity index (χ0) is 21.0. The van der Waals surface area contributed by atoms with Crippen LogP contribution in [0.25, 0.3) is 0 Å². The molecule has 31 heavy (non-hydrogen) atoms. The van der Waals surface area contributed by atoms with Crippen LogP contribution in [0.4, 0.5) is 17.6 Å². The van der Waals surface area contributed by atoms with Crippen LogP contribution >= 0.6 is 0 Å². The van der Waals surface area contributed by atoms with Crippen LogP contribution in [0.1, 0.15) is 22.7 Å². The summed E-state index contributed by atoms with van der Waals surface area (Å²) < 4.78 is 16.0. The van der Waals surface area contributed by atoms with Crippen molar-refractivity contribution in [2.24, 2.45) is 0 Å². The van der Waals surface area contributed by atoms with Gasteiger partial charge in [-0.15, -0.1) is 0 Å². The van der Waals surface area contributed by atoms with Crippen LogP contribution in [-0.4, -0.2) is 32.1 Å². The first kappa shape index (κ1) is 18.9. The van der Waals surface area contributed by atoms with Crippen molar-refractivity contribution in [1.82, 2.24) is 25.3 Å². The van der Waals surface area contributed by atoms with Gasteiger partial charge in [-0.25, -0.2) is 4.98 Å². The molecule has 1 aromatic carbocycles. The van der Waals surface area contributed by atoms with E-state index in [-0.39, 0.29) is 6.79 Å². The van der Waals surface area contributed by atoms with Crippen molar-refractivity contribution in [2.75, 3.05) is 17.4 Å². The summed E-state index contributed by atoms with van der Waals surface area (Å²) in [6.07, 6.45) is 3.36. The average Bonchev–Trinajstić information content (AvgIpc) is 3.52. The Labute approximate surface area is 178 Å². The zero-order valence-electron chi connectivity index (χ0n) is 16.9. The lowest BCUT2D eigenvalue weighted by Gasteiger charge is -2.05. The maximum absolute atomic E-state index is 5.44. The number of nitrogens with zero attached hydrogens (tertiary/aromatic N) is 4. The summed E-state index contributed by atoms with van der Waals surface area (Å²) >= 11 is 0. The molecule has 1 aliphatic rings. The number of fused-ring (bicyclic) bond motifs is 1. The number of hydrogen-bond acceptors (Lipinski definition) is 9. The van der Waals surface area contributed by atoms with Gasteiger partial charge in [-0.1, -0.05) is 11.2 Å². The first-order chi connectivity index (χ1) is 15.2. The Bertz CT molecular complexity index is 1190. The third kappa shape index (κ3) is 4.58. The van der Waals surface area contributed by atoms with Crippen molar-refractivity contribution in [3.63, 3.8) is 0 Å². The summed E-state index contributed by atoms with van der Waals surface area (Å²) in [5.41, 5.74) is 3.04. The molecule has 5 rings (SSSR count). The molecule has 1 aliphatic heterocycles. The highest BCUT2D eigenvalue weighted by Gasteiger charge is 2.13. The van der Waals surface area contributed by atoms with E-state index in [1.807, 2.05) is 31.2 Å². The molecule has 0 aliphatic carbocycles. The minimum absolute atomic E-state index is 0.286. The molecule has 10 heteroatoms. The Balaban J connectivity index is 1.16. The van der Waals surface area contributed by atoms with E-state index >= 15 is 0 Å². The number of aromatic amines is 1. The quantitative estimate of drug-likeness (QED) is 0.394. The van der Waals surface area contributed by atoms with Crippen LogP contribution < -0.4 is 20.1 Å². The van der Waals surface area contributed by atoms with Gasteiger partial charge in [0.25, 0.3) is 0 Å². The molecule has 4 heterocycles. The number of aryl methyl sites for hydroxylation is 3. The molecule has 0 unspecified atom stereocenters. The standard InChI is InChI=1S/C21H21N7O3/c1-13-8-16(31-28-13)11-23-21-22-7-6-19(25-21)24-20-10-15(26-27-20)4-2-14-3-5-17-18(9-14)30-12-29-17/h3,5-10H,2,4,11-12H2,1H3,(H3,22,23,24,25,26,27). The maximum Gasteiger partial charge on any atom is 0.231 e. The third-order valence-electron chi connectivity index (χ3n) is 4.76. The first-order valence-electron chi connectivity index (χ1n) is 9.90. The van der Waals surface area contributed by atoms with E-state index in [9.17, 15) is 0 Å². The van der Waals surface area contributed by atoms with Crippen molar-refractivity contribution < 1.29 is 14.0 Å². The van der Waals surface area contributed by atoms with Gasteiger partial charge in [-0.2, -0.15) is 10.1 Å². The Hall–Kier alpha value is -4.08. The van der Waals surface area contributed by atoms with Gasteiger partial charge in [0.15, 0.2) is 23.1 Å². The van der Waals surface area contributed by atoms with Gasteiger partial charge >= 0.3 is 0 Å². The fourth-order valence-corrected chi connectivity index (χ4v) is 3.24. The second kappa shape index (κ2) is 8.34. The first-order valence-corrected chi connectivity index (χ1v) is 9.90. The highest BCUT2D eigenvalue weighted by Crippen LogP contribution is 2.32. The highest BCUT2D eigenvalue weighted by molar-refractivity contribution is 5.53. The number of H-pyrrole nitrogens is 1. The van der Waals surface area contributed by atoms with Crippen molar-refractivity contribution in [3.05, 3.63) is 65.3 Å². The molecule has 4 aromatic rings. The fourth-order valence-electron chi connectivity index (χ4n) is 3.24. The molecule has 0 radical (unpaired) electrons. The lowest BCUT2D eigenvalue weighted by molar-refractivity contribution is 0.174. The summed E-state index contributed by atoms with van der Waals surface area (Å²) in [5.74, 6) is 4.13. The topological polar surface area (TPSA) is 123 Å². The molecule has 0 amide bonds. The van der Waals surface area contributed by atoms with E-state index in [0.29, 0.717) is 24.1 Å². The minimum atomic E-state index is 0.286. The summed E-state index contributed by atoms with van der Waals surface area (Å²) in [7, 11) is 0. The Morgan fingerprint density at radius 2 is 1.97 bits per heavy atom. The van der Waals surface area contributed by atoms with E-state index in [4.69, 9.17) is 14.0 Å². The Kier molecular flexibility index (Phi) is 5.09. The Morgan fingerprint density at radius 1 is 1.03 bits per heavy atom. The number of benzene rings is 1. The average molecular weight is 419 g/mol. The summed E-state index contributed by atoms with van der Waals surface area (Å²) in [6, 6.07) is 11.6. The molecule has 3 N–H and O–H groups in total. The lowest BCUT2D eigenvalue weighted by atomic mass is 10.1. The second-order valence-electron chi connectivity index (χ2n) is 7.14. The molecule has 10 nitrogen and oxygen atoms in total. The molecule has 0 spiro atoms. The molecule has 0 atom stereocenters. The minimum Gasteiger partial charge on any atom is -0.454 e. The SMILES string of the molecule is Cc1cc(CNc2nccc(Nc3cc(CCc4ccc5c(c4)OCO5)[nH]n3)n2)on1. The molecule has 158 valence electrons. The van der Waals surface area contributed by atoms with E-state index < -0.39 is 0 Å². The predicted octanol–water partition coefficient (Wildman–Crippen LogP) is 3.37. The molecular formula is C21H21N7O3. The van der Waals surface area contributed by atoms with Crippen LogP contribution in [0.2, 0.25) is 0 Å². The van der Waals surface area contributed by atoms with Crippen LogP contribution in [0.3, 0.4) is 0 Å². The summed E-state index contributed by atoms with van der Waals surface area (Å²) in [5, 5.41) is 17.6. The number of nitrogens with one attached hydrogen (secondary N) is 3. The van der Waals surface area contributed by atoms with E-state index in [1.54, 1.807) is 12.3 Å². The fraction of sp³-hybridized carbons (Fsp3) is 0.238. The predicted molar refractivity (Wildman–Crippen MR) is 112 cm³/mol. The highest BCUT2D eigenvalue weighted by atomic mass is 16.7. The van der Waals surface area contributed by atoms with Gasteiger partial charge in [-0.3, -0.25) is 5.10 Å². The molecule has 3 aromatic heterocycles. The van der Waals surface area contributed by atoms with Crippen LogP contribution in [0.5, 0.6) is 11.5 Å². The van der Waals surface area contributed by atoms with Gasteiger partial charge in [-0.05, 0) is 43.5 Å². The number of rotatable bonds is 8. The zero-order valence-corrected chi connectivity index (χ0v) is 16.9. The van der Waals surface area contributed by atoms with Gasteiger partial charge in [0.2, 0.25) is 12.7 Å². The largest absolute Gasteiger partial charge is 0.454 e. The third-order valence-corrected chi connectivity index (χ3v) is 4.76. The van der Waals surface area contributed by atoms with Gasteiger partial charge in [0.1, 0.15) is 5.82 Å². The van der Waals surface area contributed by atoms with Crippen LogP contribution in [0.15, 0.2) is 47.1 Å². The molecule has 0 saturated carbocycles. The molecule has 0 saturated heterocycles. The molecule has 0 bridgehead atoms. The van der Waals surface area contributed by atoms with E-state index in [2.05, 4.69) is 42.0 Å². The maximum atomic E-state index is 5.44. The van der Waals surface area contributed by atoms with Crippen LogP contribution in [0, 0.1) is 6.92 Å². The van der Waals surface area contributed by atoms with E-state index in [0.717, 1.165) is 41.5 Å². The van der Waals surface area contributed by atoms with Crippen LogP contribution in [-0.2, 0) is 19.4 Å². The second-order valence-corrected chi connectivity index (χ2v) is 7.14. The number of ether oxygens (including phenoxy) is 2. The lowest BCUT2D eigenvalue weighted by Crippen LogP contribution is -2.04. The monoisotopic (exact) mass is 419 g/mol. The van der Waals surface area contributed by atoms with Crippen molar-refractivity contribution >= 4 is 17.6 Å². The van der Waals surface area contributed by atoms with Gasteiger partial charge < -0.3 is 24.6 Å². The number of hydrogen-bond donors (Lipinski definition) is 3. The summed E-state index contributed by atoms with van der Waals surface area (Å²) in [4.78, 5) is 8.68. The summed E-state index contributed by atoms with van der Waals surface area (Å²) in [6.45, 7) is 2.62. The van der Waals surface area contributed by atoms with Gasteiger partial charge in [0.05, 0.1) is 12.2 Å². The number of aromatic nitrogens is 5. The van der Waals surface area contributed by atoms with Crippen molar-refractivity contribution in [1.29, 1.82) is 0 Å². The molecule has 0 fully saturated rings. The van der Waals surface area contributed by atoms with E-state index in [1.165, 1.54) is 5.56 Å². The smallest absolute Gasteiger partial charge is 0.231 e. The van der Waals surface area contributed by atoms with Gasteiger partial charge in [0, 0.05) is 24.0 Å². The van der Waals surface area contributed by atoms with Crippen molar-refractivity contribution in [3.8, 4) is 11.5 Å². The normalized spacial score (nSPS) is 12.2. The van der Waals surface area contributed by atoms with Crippen molar-refractivity contribution in [2.45, 2.75) is 26.3 Å². The Morgan fingerprint density at radius 3 is 2.87 bits per heavy atom. The number of anilines is 3. The molecular weight excluding hydrogens is 398 g/mol.